The Labute approximate surface area is 117 Å². The van der Waals surface area contributed by atoms with E-state index in [1.807, 2.05) is 25.3 Å². The number of Topliss-reactive ketones (excluding diaryl/α,β-unsaturated/α-hetero) is 1. The number of unbranched alkanes of at least 4 members (excludes halogenated alkanes) is 1. The zero-order valence-corrected chi connectivity index (χ0v) is 12.6. The smallest absolute Gasteiger partial charge is 0.180 e. The van der Waals surface area contributed by atoms with E-state index in [2.05, 4.69) is 30.7 Å². The van der Waals surface area contributed by atoms with Gasteiger partial charge >= 0.3 is 0 Å². The summed E-state index contributed by atoms with van der Waals surface area (Å²) in [5, 5.41) is 0. The van der Waals surface area contributed by atoms with Gasteiger partial charge in [-0.1, -0.05) is 27.2 Å². The molecule has 0 aliphatic carbocycles. The average Bonchev–Trinajstić information content (AvgIpc) is 2.47. The summed E-state index contributed by atoms with van der Waals surface area (Å²) in [7, 11) is 0. The fraction of sp³-hybridized carbons (Fsp3) is 0.625. The van der Waals surface area contributed by atoms with Crippen LogP contribution in [0.2, 0.25) is 0 Å². The van der Waals surface area contributed by atoms with Crippen molar-refractivity contribution in [3.8, 4) is 0 Å². The molecule has 0 bridgehead atoms. The van der Waals surface area contributed by atoms with E-state index < -0.39 is 0 Å². The molecule has 1 rings (SSSR count). The SMILES string of the molecule is CCCCN(c1ccc(C(=O)CC)nc1)C(C)CC. The summed E-state index contributed by atoms with van der Waals surface area (Å²) in [4.78, 5) is 18.3. The van der Waals surface area contributed by atoms with E-state index >= 15 is 0 Å². The van der Waals surface area contributed by atoms with Gasteiger partial charge in [0.1, 0.15) is 5.69 Å². The summed E-state index contributed by atoms with van der Waals surface area (Å²) in [5.41, 5.74) is 1.70. The minimum absolute atomic E-state index is 0.107. The van der Waals surface area contributed by atoms with Crippen LogP contribution in [0.1, 0.15) is 63.9 Å². The molecule has 0 saturated carbocycles. The van der Waals surface area contributed by atoms with Gasteiger partial charge in [-0.05, 0) is 31.9 Å². The van der Waals surface area contributed by atoms with Gasteiger partial charge in [-0.2, -0.15) is 0 Å². The summed E-state index contributed by atoms with van der Waals surface area (Å²) in [6.07, 6.45) is 5.83. The minimum atomic E-state index is 0.107. The van der Waals surface area contributed by atoms with Gasteiger partial charge in [0, 0.05) is 19.0 Å². The molecule has 3 nitrogen and oxygen atoms in total. The predicted octanol–water partition coefficient (Wildman–Crippen LogP) is 4.08. The van der Waals surface area contributed by atoms with Gasteiger partial charge in [0.05, 0.1) is 11.9 Å². The van der Waals surface area contributed by atoms with E-state index in [1.54, 1.807) is 0 Å². The van der Waals surface area contributed by atoms with Crippen molar-refractivity contribution in [1.29, 1.82) is 0 Å². The number of carbonyl (C=O) groups excluding carboxylic acids is 1. The summed E-state index contributed by atoms with van der Waals surface area (Å²) < 4.78 is 0. The molecular weight excluding hydrogens is 236 g/mol. The van der Waals surface area contributed by atoms with Crippen LogP contribution >= 0.6 is 0 Å². The maximum atomic E-state index is 11.6. The van der Waals surface area contributed by atoms with Crippen molar-refractivity contribution in [3.05, 3.63) is 24.0 Å². The van der Waals surface area contributed by atoms with Crippen molar-refractivity contribution in [2.24, 2.45) is 0 Å². The van der Waals surface area contributed by atoms with E-state index in [9.17, 15) is 4.79 Å². The number of carbonyl (C=O) groups is 1. The van der Waals surface area contributed by atoms with E-state index in [0.29, 0.717) is 18.2 Å². The molecule has 0 spiro atoms. The molecule has 0 fully saturated rings. The first-order chi connectivity index (χ1) is 9.13. The normalized spacial score (nSPS) is 12.2. The Hall–Kier alpha value is -1.38. The molecule has 0 aliphatic rings. The Bertz CT molecular complexity index is 386. The van der Waals surface area contributed by atoms with Crippen LogP contribution in [0.15, 0.2) is 18.3 Å². The predicted molar refractivity (Wildman–Crippen MR) is 80.9 cm³/mol. The van der Waals surface area contributed by atoms with E-state index in [1.165, 1.54) is 12.8 Å². The van der Waals surface area contributed by atoms with Gasteiger partial charge in [-0.25, -0.2) is 0 Å². The number of nitrogens with zero attached hydrogens (tertiary/aromatic N) is 2. The molecule has 0 amide bonds. The molecule has 0 N–H and O–H groups in total. The lowest BCUT2D eigenvalue weighted by Crippen LogP contribution is -2.33. The van der Waals surface area contributed by atoms with Crippen LogP contribution in [0.25, 0.3) is 0 Å². The zero-order valence-electron chi connectivity index (χ0n) is 12.6. The van der Waals surface area contributed by atoms with Gasteiger partial charge in [0.15, 0.2) is 5.78 Å². The third kappa shape index (κ3) is 4.34. The minimum Gasteiger partial charge on any atom is -0.368 e. The van der Waals surface area contributed by atoms with Crippen molar-refractivity contribution in [2.75, 3.05) is 11.4 Å². The second-order valence-corrected chi connectivity index (χ2v) is 4.98. The van der Waals surface area contributed by atoms with Gasteiger partial charge in [-0.3, -0.25) is 9.78 Å². The van der Waals surface area contributed by atoms with Crippen molar-refractivity contribution in [2.45, 2.75) is 59.4 Å². The molecule has 106 valence electrons. The number of pyridine rings is 1. The van der Waals surface area contributed by atoms with Crippen molar-refractivity contribution >= 4 is 11.5 Å². The zero-order chi connectivity index (χ0) is 14.3. The fourth-order valence-corrected chi connectivity index (χ4v) is 2.05. The lowest BCUT2D eigenvalue weighted by molar-refractivity contribution is 0.0983. The standard InChI is InChI=1S/C16H26N2O/c1-5-8-11-18(13(4)6-2)14-9-10-15(17-12-14)16(19)7-3/h9-10,12-13H,5-8,11H2,1-4H3. The third-order valence-corrected chi connectivity index (χ3v) is 3.56. The number of anilines is 1. The van der Waals surface area contributed by atoms with Gasteiger partial charge in [0.25, 0.3) is 0 Å². The van der Waals surface area contributed by atoms with Crippen LogP contribution in [-0.2, 0) is 0 Å². The lowest BCUT2D eigenvalue weighted by atomic mass is 10.1. The topological polar surface area (TPSA) is 33.2 Å². The molecule has 0 aliphatic heterocycles. The number of hydrogen-bond acceptors (Lipinski definition) is 3. The molecule has 3 heteroatoms. The summed E-state index contributed by atoms with van der Waals surface area (Å²) >= 11 is 0. The maximum Gasteiger partial charge on any atom is 0.180 e. The van der Waals surface area contributed by atoms with E-state index in [0.717, 1.165) is 18.7 Å². The lowest BCUT2D eigenvalue weighted by Gasteiger charge is -2.30. The number of rotatable bonds is 8. The van der Waals surface area contributed by atoms with Gasteiger partial charge in [-0.15, -0.1) is 0 Å². The van der Waals surface area contributed by atoms with Gasteiger partial charge in [0.2, 0.25) is 0 Å². The third-order valence-electron chi connectivity index (χ3n) is 3.56. The first-order valence-corrected chi connectivity index (χ1v) is 7.39. The Morgan fingerprint density at radius 3 is 2.53 bits per heavy atom. The Morgan fingerprint density at radius 2 is 2.05 bits per heavy atom. The van der Waals surface area contributed by atoms with E-state index in [4.69, 9.17) is 0 Å². The van der Waals surface area contributed by atoms with Crippen LogP contribution < -0.4 is 4.90 Å². The van der Waals surface area contributed by atoms with Crippen LogP contribution in [-0.4, -0.2) is 23.4 Å². The number of hydrogen-bond donors (Lipinski definition) is 0. The monoisotopic (exact) mass is 262 g/mol. The quantitative estimate of drug-likeness (QED) is 0.662. The molecular formula is C16H26N2O. The first kappa shape index (κ1) is 15.7. The molecule has 1 aromatic heterocycles. The molecule has 0 radical (unpaired) electrons. The van der Waals surface area contributed by atoms with Gasteiger partial charge < -0.3 is 4.90 Å². The highest BCUT2D eigenvalue weighted by molar-refractivity contribution is 5.94. The van der Waals surface area contributed by atoms with Crippen molar-refractivity contribution < 1.29 is 4.79 Å². The molecule has 1 aromatic rings. The molecule has 0 aromatic carbocycles. The molecule has 19 heavy (non-hydrogen) atoms. The highest BCUT2D eigenvalue weighted by atomic mass is 16.1. The van der Waals surface area contributed by atoms with Crippen molar-refractivity contribution in [1.82, 2.24) is 4.98 Å². The Balaban J connectivity index is 2.87. The van der Waals surface area contributed by atoms with E-state index in [-0.39, 0.29) is 5.78 Å². The largest absolute Gasteiger partial charge is 0.368 e. The molecule has 0 saturated heterocycles. The molecule has 1 atom stereocenters. The van der Waals surface area contributed by atoms with Crippen LogP contribution in [0.4, 0.5) is 5.69 Å². The van der Waals surface area contributed by atoms with Crippen molar-refractivity contribution in [3.63, 3.8) is 0 Å². The van der Waals surface area contributed by atoms with Crippen LogP contribution in [0.3, 0.4) is 0 Å². The average molecular weight is 262 g/mol. The maximum absolute atomic E-state index is 11.6. The summed E-state index contributed by atoms with van der Waals surface area (Å²) in [6, 6.07) is 4.38. The Kier molecular flexibility index (Phi) is 6.54. The highest BCUT2D eigenvalue weighted by Crippen LogP contribution is 2.19. The summed E-state index contributed by atoms with van der Waals surface area (Å²) in [6.45, 7) is 9.56. The molecule has 1 heterocycles. The fourth-order valence-electron chi connectivity index (χ4n) is 2.05. The number of ketones is 1. The van der Waals surface area contributed by atoms with Crippen LogP contribution in [0.5, 0.6) is 0 Å². The second-order valence-electron chi connectivity index (χ2n) is 4.98. The number of aromatic nitrogens is 1. The molecule has 1 unspecified atom stereocenters. The first-order valence-electron chi connectivity index (χ1n) is 7.39. The Morgan fingerprint density at radius 1 is 1.32 bits per heavy atom. The second kappa shape index (κ2) is 7.93. The van der Waals surface area contributed by atoms with Crippen LogP contribution in [0, 0.1) is 0 Å². The summed E-state index contributed by atoms with van der Waals surface area (Å²) in [5.74, 6) is 0.107. The highest BCUT2D eigenvalue weighted by Gasteiger charge is 2.13.